The Morgan fingerprint density at radius 2 is 2.12 bits per heavy atom. The van der Waals surface area contributed by atoms with Crippen LogP contribution in [0, 0.1) is 0 Å². The first-order valence-corrected chi connectivity index (χ1v) is 9.77. The Labute approximate surface area is 149 Å². The van der Waals surface area contributed by atoms with Gasteiger partial charge in [-0.05, 0) is 18.6 Å². The van der Waals surface area contributed by atoms with Crippen LogP contribution in [0.4, 0.5) is 17.5 Å². The van der Waals surface area contributed by atoms with Crippen molar-refractivity contribution in [3.05, 3.63) is 34.4 Å². The van der Waals surface area contributed by atoms with Crippen molar-refractivity contribution in [3.8, 4) is 0 Å². The van der Waals surface area contributed by atoms with E-state index >= 15 is 0 Å². The molecular weight excluding hydrogens is 373 g/mol. The second-order valence-corrected chi connectivity index (χ2v) is 8.55. The van der Waals surface area contributed by atoms with Gasteiger partial charge in [0.15, 0.2) is 15.7 Å². The number of sulfone groups is 1. The number of nitrogens with zero attached hydrogens (tertiary/aromatic N) is 4. The SMILES string of the molecule is CN(c1nncc(Nc2cccc(Cl)c2Cl)n1)C1CCS(=O)(=O)C1. The van der Waals surface area contributed by atoms with Gasteiger partial charge < -0.3 is 10.2 Å². The molecule has 3 rings (SSSR count). The molecule has 1 aromatic heterocycles. The lowest BCUT2D eigenvalue weighted by atomic mass is 10.2. The summed E-state index contributed by atoms with van der Waals surface area (Å²) < 4.78 is 23.3. The van der Waals surface area contributed by atoms with E-state index in [0.717, 1.165) is 0 Å². The second kappa shape index (κ2) is 6.70. The lowest BCUT2D eigenvalue weighted by Gasteiger charge is -2.23. The molecule has 1 aliphatic heterocycles. The molecule has 0 saturated carbocycles. The summed E-state index contributed by atoms with van der Waals surface area (Å²) in [5, 5.41) is 11.8. The quantitative estimate of drug-likeness (QED) is 0.861. The third-order valence-electron chi connectivity index (χ3n) is 3.83. The Bertz CT molecular complexity index is 862. The first-order chi connectivity index (χ1) is 11.4. The van der Waals surface area contributed by atoms with Gasteiger partial charge in [0.1, 0.15) is 0 Å². The van der Waals surface area contributed by atoms with Gasteiger partial charge in [-0.2, -0.15) is 10.1 Å². The number of nitrogens with one attached hydrogen (secondary N) is 1. The molecule has 2 heterocycles. The minimum absolute atomic E-state index is 0.102. The Hall–Kier alpha value is -1.64. The van der Waals surface area contributed by atoms with Crippen molar-refractivity contribution < 1.29 is 8.42 Å². The van der Waals surface area contributed by atoms with E-state index < -0.39 is 9.84 Å². The third-order valence-corrected chi connectivity index (χ3v) is 6.40. The topological polar surface area (TPSA) is 88.1 Å². The van der Waals surface area contributed by atoms with Gasteiger partial charge in [0, 0.05) is 13.1 Å². The van der Waals surface area contributed by atoms with Gasteiger partial charge in [0.25, 0.3) is 0 Å². The maximum absolute atomic E-state index is 11.6. The molecule has 0 aliphatic carbocycles. The van der Waals surface area contributed by atoms with Crippen LogP contribution in [0.1, 0.15) is 6.42 Å². The lowest BCUT2D eigenvalue weighted by Crippen LogP contribution is -2.34. The fourth-order valence-electron chi connectivity index (χ4n) is 2.49. The smallest absolute Gasteiger partial charge is 0.247 e. The van der Waals surface area contributed by atoms with E-state index in [1.54, 1.807) is 30.1 Å². The number of hydrogen-bond donors (Lipinski definition) is 1. The van der Waals surface area contributed by atoms with E-state index in [2.05, 4.69) is 20.5 Å². The molecule has 0 radical (unpaired) electrons. The molecule has 24 heavy (non-hydrogen) atoms. The van der Waals surface area contributed by atoms with Gasteiger partial charge in [-0.15, -0.1) is 5.10 Å². The third kappa shape index (κ3) is 3.71. The van der Waals surface area contributed by atoms with Crippen molar-refractivity contribution in [1.82, 2.24) is 15.2 Å². The number of hydrogen-bond acceptors (Lipinski definition) is 7. The van der Waals surface area contributed by atoms with Gasteiger partial charge in [-0.3, -0.25) is 0 Å². The van der Waals surface area contributed by atoms with E-state index in [4.69, 9.17) is 23.2 Å². The highest BCUT2D eigenvalue weighted by Gasteiger charge is 2.32. The molecule has 2 aromatic rings. The largest absolute Gasteiger partial charge is 0.338 e. The Morgan fingerprint density at radius 1 is 1.33 bits per heavy atom. The minimum atomic E-state index is -2.98. The summed E-state index contributed by atoms with van der Waals surface area (Å²) in [5.41, 5.74) is 0.599. The van der Waals surface area contributed by atoms with Gasteiger partial charge in [-0.25, -0.2) is 8.42 Å². The van der Waals surface area contributed by atoms with E-state index in [-0.39, 0.29) is 17.5 Å². The molecule has 0 amide bonds. The van der Waals surface area contributed by atoms with Crippen molar-refractivity contribution in [2.24, 2.45) is 0 Å². The molecule has 10 heteroatoms. The number of benzene rings is 1. The van der Waals surface area contributed by atoms with Gasteiger partial charge in [0.2, 0.25) is 5.95 Å². The van der Waals surface area contributed by atoms with Crippen LogP contribution in [-0.2, 0) is 9.84 Å². The monoisotopic (exact) mass is 387 g/mol. The first kappa shape index (κ1) is 17.2. The first-order valence-electron chi connectivity index (χ1n) is 7.20. The number of rotatable bonds is 4. The molecule has 1 unspecified atom stereocenters. The van der Waals surface area contributed by atoms with Crippen LogP contribution in [0.2, 0.25) is 10.0 Å². The van der Waals surface area contributed by atoms with E-state index in [9.17, 15) is 8.42 Å². The molecule has 1 fully saturated rings. The maximum Gasteiger partial charge on any atom is 0.247 e. The van der Waals surface area contributed by atoms with Crippen LogP contribution in [0.25, 0.3) is 0 Å². The van der Waals surface area contributed by atoms with Gasteiger partial charge in [0.05, 0.1) is 33.4 Å². The van der Waals surface area contributed by atoms with Crippen LogP contribution in [0.3, 0.4) is 0 Å². The fourth-order valence-corrected chi connectivity index (χ4v) is 4.61. The summed E-state index contributed by atoms with van der Waals surface area (Å²) in [6, 6.07) is 5.07. The fraction of sp³-hybridized carbons (Fsp3) is 0.357. The van der Waals surface area contributed by atoms with E-state index in [1.165, 1.54) is 6.20 Å². The van der Waals surface area contributed by atoms with Gasteiger partial charge >= 0.3 is 0 Å². The second-order valence-electron chi connectivity index (χ2n) is 5.54. The highest BCUT2D eigenvalue weighted by molar-refractivity contribution is 7.91. The summed E-state index contributed by atoms with van der Waals surface area (Å²) in [4.78, 5) is 6.11. The van der Waals surface area contributed by atoms with Crippen molar-refractivity contribution >= 4 is 50.5 Å². The summed E-state index contributed by atoms with van der Waals surface area (Å²) in [6.07, 6.45) is 2.01. The highest BCUT2D eigenvalue weighted by Crippen LogP contribution is 2.31. The van der Waals surface area contributed by atoms with Crippen molar-refractivity contribution in [2.75, 3.05) is 28.8 Å². The molecule has 7 nitrogen and oxygen atoms in total. The van der Waals surface area contributed by atoms with Crippen molar-refractivity contribution in [1.29, 1.82) is 0 Å². The van der Waals surface area contributed by atoms with Crippen molar-refractivity contribution in [3.63, 3.8) is 0 Å². The molecule has 128 valence electrons. The zero-order valence-corrected chi connectivity index (χ0v) is 15.1. The van der Waals surface area contributed by atoms with Gasteiger partial charge in [-0.1, -0.05) is 29.3 Å². The molecule has 1 N–H and O–H groups in total. The Balaban J connectivity index is 1.80. The van der Waals surface area contributed by atoms with Crippen LogP contribution in [-0.4, -0.2) is 48.2 Å². The molecule has 1 aliphatic rings. The number of anilines is 3. The summed E-state index contributed by atoms with van der Waals surface area (Å²) in [5.74, 6) is 1.08. The maximum atomic E-state index is 11.6. The van der Waals surface area contributed by atoms with E-state index in [0.29, 0.717) is 33.9 Å². The standard InChI is InChI=1S/C14H15Cl2N5O2S/c1-21(9-5-6-24(22,23)8-9)14-19-12(7-17-20-14)18-11-4-2-3-10(15)13(11)16/h2-4,7,9H,5-6,8H2,1H3,(H,18,19,20). The number of aromatic nitrogens is 3. The Morgan fingerprint density at radius 3 is 2.83 bits per heavy atom. The normalized spacial score (nSPS) is 19.2. The molecular formula is C14H15Cl2N5O2S. The Kier molecular flexibility index (Phi) is 4.80. The predicted molar refractivity (Wildman–Crippen MR) is 95.0 cm³/mol. The summed E-state index contributed by atoms with van der Waals surface area (Å²) >= 11 is 12.1. The average molecular weight is 388 g/mol. The minimum Gasteiger partial charge on any atom is -0.338 e. The van der Waals surface area contributed by atoms with Crippen LogP contribution < -0.4 is 10.2 Å². The molecule has 0 bridgehead atoms. The van der Waals surface area contributed by atoms with Crippen molar-refractivity contribution in [2.45, 2.75) is 12.5 Å². The number of halogens is 2. The summed E-state index contributed by atoms with van der Waals surface area (Å²) in [7, 11) is -1.22. The molecule has 1 atom stereocenters. The van der Waals surface area contributed by atoms with Crippen LogP contribution in [0.15, 0.2) is 24.4 Å². The summed E-state index contributed by atoms with van der Waals surface area (Å²) in [6.45, 7) is 0. The lowest BCUT2D eigenvalue weighted by molar-refractivity contribution is 0.600. The van der Waals surface area contributed by atoms with Crippen LogP contribution in [0.5, 0.6) is 0 Å². The highest BCUT2D eigenvalue weighted by atomic mass is 35.5. The zero-order chi connectivity index (χ0) is 17.3. The van der Waals surface area contributed by atoms with Crippen LogP contribution >= 0.6 is 23.2 Å². The molecule has 1 saturated heterocycles. The predicted octanol–water partition coefficient (Wildman–Crippen LogP) is 2.55. The average Bonchev–Trinajstić information content (AvgIpc) is 2.91. The zero-order valence-electron chi connectivity index (χ0n) is 12.8. The molecule has 0 spiro atoms. The van der Waals surface area contributed by atoms with E-state index in [1.807, 2.05) is 0 Å². The molecule has 1 aromatic carbocycles.